The van der Waals surface area contributed by atoms with Crippen molar-refractivity contribution >= 4 is 5.91 Å². The van der Waals surface area contributed by atoms with Gasteiger partial charge in [-0.05, 0) is 36.5 Å². The van der Waals surface area contributed by atoms with E-state index in [1.165, 1.54) is 0 Å². The number of nitrogens with two attached hydrogens (primary N) is 1. The van der Waals surface area contributed by atoms with Crippen molar-refractivity contribution < 1.29 is 14.3 Å². The summed E-state index contributed by atoms with van der Waals surface area (Å²) in [5.74, 6) is 1.28. The van der Waals surface area contributed by atoms with Gasteiger partial charge in [-0.2, -0.15) is 0 Å². The van der Waals surface area contributed by atoms with Crippen LogP contribution in [0.15, 0.2) is 24.3 Å². The molecule has 0 radical (unpaired) electrons. The fraction of sp³-hybridized carbons (Fsp3) is 0.650. The SMILES string of the molecule is N[C@@H]1CCC[C@H]1CC(=O)NCc1cccc(OCCN2CCOCC2)c1. The molecule has 2 fully saturated rings. The highest BCUT2D eigenvalue weighted by atomic mass is 16.5. The van der Waals surface area contributed by atoms with Crippen LogP contribution in [0.3, 0.4) is 0 Å². The minimum atomic E-state index is 0.0889. The predicted molar refractivity (Wildman–Crippen MR) is 101 cm³/mol. The first-order chi connectivity index (χ1) is 12.7. The van der Waals surface area contributed by atoms with Crippen molar-refractivity contribution in [2.45, 2.75) is 38.3 Å². The third kappa shape index (κ3) is 5.97. The highest BCUT2D eigenvalue weighted by molar-refractivity contribution is 5.76. The molecule has 1 saturated heterocycles. The number of carbonyl (C=O) groups is 1. The first-order valence-corrected chi connectivity index (χ1v) is 9.75. The third-order valence-corrected chi connectivity index (χ3v) is 5.33. The van der Waals surface area contributed by atoms with Crippen LogP contribution in [0.1, 0.15) is 31.2 Å². The highest BCUT2D eigenvalue weighted by Crippen LogP contribution is 2.26. The van der Waals surface area contributed by atoms with Crippen molar-refractivity contribution in [2.75, 3.05) is 39.5 Å². The molecule has 0 spiro atoms. The van der Waals surface area contributed by atoms with Crippen molar-refractivity contribution in [3.8, 4) is 5.75 Å². The molecule has 0 unspecified atom stereocenters. The first-order valence-electron chi connectivity index (χ1n) is 9.75. The average molecular weight is 361 g/mol. The molecule has 0 aromatic heterocycles. The second kappa shape index (κ2) is 9.90. The zero-order valence-electron chi connectivity index (χ0n) is 15.5. The largest absolute Gasteiger partial charge is 0.492 e. The molecule has 2 atom stereocenters. The summed E-state index contributed by atoms with van der Waals surface area (Å²) in [6, 6.07) is 8.13. The van der Waals surface area contributed by atoms with Crippen molar-refractivity contribution in [1.82, 2.24) is 10.2 Å². The Bertz CT molecular complexity index is 575. The van der Waals surface area contributed by atoms with Crippen LogP contribution >= 0.6 is 0 Å². The Morgan fingerprint density at radius 1 is 1.31 bits per heavy atom. The smallest absolute Gasteiger partial charge is 0.220 e. The predicted octanol–water partition coefficient (Wildman–Crippen LogP) is 1.53. The molecule has 2 aliphatic rings. The van der Waals surface area contributed by atoms with Gasteiger partial charge in [0.2, 0.25) is 5.91 Å². The summed E-state index contributed by atoms with van der Waals surface area (Å²) >= 11 is 0. The van der Waals surface area contributed by atoms with Gasteiger partial charge in [0.25, 0.3) is 0 Å². The van der Waals surface area contributed by atoms with Gasteiger partial charge in [0, 0.05) is 38.6 Å². The minimum Gasteiger partial charge on any atom is -0.492 e. The van der Waals surface area contributed by atoms with Crippen molar-refractivity contribution in [1.29, 1.82) is 0 Å². The van der Waals surface area contributed by atoms with E-state index in [2.05, 4.69) is 10.2 Å². The molecule has 1 aliphatic heterocycles. The van der Waals surface area contributed by atoms with Crippen LogP contribution in [0.25, 0.3) is 0 Å². The summed E-state index contributed by atoms with van der Waals surface area (Å²) in [5, 5.41) is 3.01. The monoisotopic (exact) mass is 361 g/mol. The molecular formula is C20H31N3O3. The van der Waals surface area contributed by atoms with Gasteiger partial charge in [0.15, 0.2) is 0 Å². The molecule has 3 N–H and O–H groups in total. The van der Waals surface area contributed by atoms with Crippen LogP contribution in [-0.2, 0) is 16.1 Å². The standard InChI is InChI=1S/C20H31N3O3/c21-19-6-2-4-17(19)14-20(24)22-15-16-3-1-5-18(13-16)26-12-9-23-7-10-25-11-8-23/h1,3,5,13,17,19H,2,4,6-12,14-15,21H2,(H,22,24)/t17-,19+/m0/s1. The van der Waals surface area contributed by atoms with Gasteiger partial charge in [0.05, 0.1) is 13.2 Å². The van der Waals surface area contributed by atoms with Crippen LogP contribution in [0.4, 0.5) is 0 Å². The zero-order valence-corrected chi connectivity index (χ0v) is 15.5. The van der Waals surface area contributed by atoms with E-state index in [-0.39, 0.29) is 11.9 Å². The number of ether oxygens (including phenoxy) is 2. The third-order valence-electron chi connectivity index (χ3n) is 5.33. The summed E-state index contributed by atoms with van der Waals surface area (Å²) in [4.78, 5) is 14.5. The van der Waals surface area contributed by atoms with Crippen molar-refractivity contribution in [3.05, 3.63) is 29.8 Å². The lowest BCUT2D eigenvalue weighted by Crippen LogP contribution is -2.38. The van der Waals surface area contributed by atoms with Crippen LogP contribution in [0, 0.1) is 5.92 Å². The average Bonchev–Trinajstić information content (AvgIpc) is 3.06. The topological polar surface area (TPSA) is 76.8 Å². The Balaban J connectivity index is 1.38. The molecule has 0 bridgehead atoms. The van der Waals surface area contributed by atoms with E-state index in [4.69, 9.17) is 15.2 Å². The van der Waals surface area contributed by atoms with Gasteiger partial charge in [-0.1, -0.05) is 18.6 Å². The Kier molecular flexibility index (Phi) is 7.29. The van der Waals surface area contributed by atoms with Crippen molar-refractivity contribution in [3.63, 3.8) is 0 Å². The summed E-state index contributed by atoms with van der Waals surface area (Å²) in [6.45, 7) is 5.66. The van der Waals surface area contributed by atoms with Gasteiger partial charge in [-0.25, -0.2) is 0 Å². The maximum Gasteiger partial charge on any atom is 0.220 e. The molecule has 26 heavy (non-hydrogen) atoms. The van der Waals surface area contributed by atoms with Crippen LogP contribution in [0.2, 0.25) is 0 Å². The normalized spacial score (nSPS) is 23.7. The molecule has 6 nitrogen and oxygen atoms in total. The zero-order chi connectivity index (χ0) is 18.2. The molecule has 1 saturated carbocycles. The second-order valence-corrected chi connectivity index (χ2v) is 7.29. The number of morpholine rings is 1. The van der Waals surface area contributed by atoms with E-state index in [9.17, 15) is 4.79 Å². The molecule has 6 heteroatoms. The van der Waals surface area contributed by atoms with Gasteiger partial charge in [-0.15, -0.1) is 0 Å². The van der Waals surface area contributed by atoms with Crippen LogP contribution in [0.5, 0.6) is 5.75 Å². The van der Waals surface area contributed by atoms with E-state index >= 15 is 0 Å². The summed E-state index contributed by atoms with van der Waals surface area (Å²) in [5.41, 5.74) is 7.10. The van der Waals surface area contributed by atoms with E-state index in [0.717, 1.165) is 63.4 Å². The lowest BCUT2D eigenvalue weighted by Gasteiger charge is -2.26. The Hall–Kier alpha value is -1.63. The quantitative estimate of drug-likeness (QED) is 0.734. The first kappa shape index (κ1) is 19.1. The summed E-state index contributed by atoms with van der Waals surface area (Å²) in [6.07, 6.45) is 3.79. The number of rotatable bonds is 8. The molecule has 144 valence electrons. The van der Waals surface area contributed by atoms with Gasteiger partial charge >= 0.3 is 0 Å². The number of nitrogens with one attached hydrogen (secondary N) is 1. The molecule has 3 rings (SSSR count). The Morgan fingerprint density at radius 2 is 2.15 bits per heavy atom. The molecule has 1 aliphatic carbocycles. The lowest BCUT2D eigenvalue weighted by molar-refractivity contribution is -0.122. The van der Waals surface area contributed by atoms with E-state index < -0.39 is 0 Å². The Morgan fingerprint density at radius 3 is 2.92 bits per heavy atom. The molecule has 1 aromatic rings. The van der Waals surface area contributed by atoms with E-state index in [0.29, 0.717) is 25.5 Å². The van der Waals surface area contributed by atoms with Gasteiger partial charge in [-0.3, -0.25) is 9.69 Å². The fourth-order valence-corrected chi connectivity index (χ4v) is 3.69. The minimum absolute atomic E-state index is 0.0889. The number of amides is 1. The number of hydrogen-bond donors (Lipinski definition) is 2. The lowest BCUT2D eigenvalue weighted by atomic mass is 10.00. The van der Waals surface area contributed by atoms with Crippen molar-refractivity contribution in [2.24, 2.45) is 11.7 Å². The Labute approximate surface area is 156 Å². The van der Waals surface area contributed by atoms with Crippen LogP contribution in [-0.4, -0.2) is 56.3 Å². The number of nitrogens with zero attached hydrogens (tertiary/aromatic N) is 1. The second-order valence-electron chi connectivity index (χ2n) is 7.29. The highest BCUT2D eigenvalue weighted by Gasteiger charge is 2.25. The maximum atomic E-state index is 12.1. The number of benzene rings is 1. The molecule has 1 amide bonds. The van der Waals surface area contributed by atoms with E-state index in [1.54, 1.807) is 0 Å². The molecule has 1 aromatic carbocycles. The molecular weight excluding hydrogens is 330 g/mol. The van der Waals surface area contributed by atoms with Gasteiger partial charge < -0.3 is 20.5 Å². The van der Waals surface area contributed by atoms with Gasteiger partial charge in [0.1, 0.15) is 12.4 Å². The number of hydrogen-bond acceptors (Lipinski definition) is 5. The van der Waals surface area contributed by atoms with Crippen LogP contribution < -0.4 is 15.8 Å². The molecule has 1 heterocycles. The maximum absolute atomic E-state index is 12.1. The fourth-order valence-electron chi connectivity index (χ4n) is 3.69. The number of carbonyl (C=O) groups excluding carboxylic acids is 1. The van der Waals surface area contributed by atoms with E-state index in [1.807, 2.05) is 24.3 Å². The summed E-state index contributed by atoms with van der Waals surface area (Å²) in [7, 11) is 0. The summed E-state index contributed by atoms with van der Waals surface area (Å²) < 4.78 is 11.2.